The van der Waals surface area contributed by atoms with Crippen LogP contribution in [-0.2, 0) is 13.6 Å². The van der Waals surface area contributed by atoms with Crippen LogP contribution in [-0.4, -0.2) is 42.8 Å². The molecule has 3 nitrogen and oxygen atoms in total. The predicted molar refractivity (Wildman–Crippen MR) is 74.9 cm³/mol. The fourth-order valence-corrected chi connectivity index (χ4v) is 30.8. The third-order valence-electron chi connectivity index (χ3n) is 4.84. The molecule has 16 heavy (non-hydrogen) atoms. The number of rotatable bonds is 2. The summed E-state index contributed by atoms with van der Waals surface area (Å²) in [6.07, 6.45) is 0. The first-order valence-corrected chi connectivity index (χ1v) is 16.4. The van der Waals surface area contributed by atoms with Gasteiger partial charge in [-0.2, -0.15) is 0 Å². The molecule has 6 heteroatoms. The van der Waals surface area contributed by atoms with Gasteiger partial charge in [-0.1, -0.05) is 13.1 Å². The van der Waals surface area contributed by atoms with Gasteiger partial charge < -0.3 is 13.6 Å². The molecule has 0 saturated carbocycles. The van der Waals surface area contributed by atoms with Crippen LogP contribution in [0.15, 0.2) is 0 Å². The lowest BCUT2D eigenvalue weighted by atomic mass is 10.4. The smallest absolute Gasteiger partial charge is 0.181 e. The van der Waals surface area contributed by atoms with E-state index in [0.717, 1.165) is 6.04 Å². The van der Waals surface area contributed by atoms with Gasteiger partial charge in [-0.3, -0.25) is 0 Å². The molecule has 0 spiro atoms. The first kappa shape index (κ1) is 14.6. The SMILES string of the molecule is COC1(C)C[Si](C)(OC)[Si](C)(C)[Si](C)(C)O1. The molecule has 1 rings (SSSR count). The van der Waals surface area contributed by atoms with Crippen molar-refractivity contribution in [1.82, 2.24) is 0 Å². The largest absolute Gasteiger partial charge is 0.423 e. The van der Waals surface area contributed by atoms with Crippen LogP contribution in [0.2, 0.25) is 38.8 Å². The summed E-state index contributed by atoms with van der Waals surface area (Å²) in [5.74, 6) is -0.421. The van der Waals surface area contributed by atoms with Crippen molar-refractivity contribution in [2.75, 3.05) is 14.2 Å². The van der Waals surface area contributed by atoms with Crippen molar-refractivity contribution in [1.29, 1.82) is 0 Å². The lowest BCUT2D eigenvalue weighted by molar-refractivity contribution is -0.142. The van der Waals surface area contributed by atoms with Crippen LogP contribution in [0.1, 0.15) is 6.92 Å². The summed E-state index contributed by atoms with van der Waals surface area (Å²) in [6.45, 7) is 14.0. The third-order valence-corrected chi connectivity index (χ3v) is 42.2. The van der Waals surface area contributed by atoms with Crippen molar-refractivity contribution >= 4 is 22.8 Å². The second kappa shape index (κ2) is 4.03. The van der Waals surface area contributed by atoms with Gasteiger partial charge in [0.15, 0.2) is 21.5 Å². The van der Waals surface area contributed by atoms with E-state index in [1.165, 1.54) is 0 Å². The average molecular weight is 279 g/mol. The molecular weight excluding hydrogens is 252 g/mol. The van der Waals surface area contributed by atoms with Crippen LogP contribution in [0.5, 0.6) is 0 Å². The molecule has 1 aliphatic heterocycles. The van der Waals surface area contributed by atoms with E-state index < -0.39 is 28.6 Å². The summed E-state index contributed by atoms with van der Waals surface area (Å²) in [5, 5.41) is 0. The third kappa shape index (κ3) is 1.99. The van der Waals surface area contributed by atoms with Gasteiger partial charge in [0.05, 0.1) is 7.11 Å². The van der Waals surface area contributed by atoms with Gasteiger partial charge in [0.1, 0.15) is 0 Å². The highest BCUT2D eigenvalue weighted by atomic mass is 29.7. The Morgan fingerprint density at radius 1 is 1.06 bits per heavy atom. The zero-order chi connectivity index (χ0) is 12.8. The highest BCUT2D eigenvalue weighted by Gasteiger charge is 2.65. The molecule has 1 aliphatic rings. The average Bonchev–Trinajstić information content (AvgIpc) is 2.14. The van der Waals surface area contributed by atoms with Crippen LogP contribution < -0.4 is 0 Å². The van der Waals surface area contributed by atoms with Gasteiger partial charge in [0, 0.05) is 20.3 Å². The summed E-state index contributed by atoms with van der Waals surface area (Å²) in [5.41, 5.74) is 0. The van der Waals surface area contributed by atoms with Crippen molar-refractivity contribution in [2.45, 2.75) is 51.5 Å². The van der Waals surface area contributed by atoms with E-state index >= 15 is 0 Å². The molecule has 1 heterocycles. The normalized spacial score (nSPS) is 42.0. The summed E-state index contributed by atoms with van der Waals surface area (Å²) in [7, 11) is -1.16. The van der Waals surface area contributed by atoms with Crippen molar-refractivity contribution < 1.29 is 13.6 Å². The van der Waals surface area contributed by atoms with Gasteiger partial charge in [-0.15, -0.1) is 0 Å². The molecule has 0 bridgehead atoms. The second-order valence-electron chi connectivity index (χ2n) is 6.19. The fourth-order valence-electron chi connectivity index (χ4n) is 2.62. The van der Waals surface area contributed by atoms with E-state index in [9.17, 15) is 0 Å². The van der Waals surface area contributed by atoms with Gasteiger partial charge >= 0.3 is 0 Å². The van der Waals surface area contributed by atoms with Crippen LogP contribution in [0, 0.1) is 0 Å². The molecule has 0 aromatic rings. The fraction of sp³-hybridized carbons (Fsp3) is 1.00. The Morgan fingerprint density at radius 2 is 1.56 bits per heavy atom. The highest BCUT2D eigenvalue weighted by molar-refractivity contribution is 7.66. The summed E-state index contributed by atoms with van der Waals surface area (Å²) < 4.78 is 18.0. The van der Waals surface area contributed by atoms with E-state index in [4.69, 9.17) is 13.6 Å². The van der Waals surface area contributed by atoms with Gasteiger partial charge in [0.25, 0.3) is 0 Å². The zero-order valence-electron chi connectivity index (χ0n) is 11.9. The maximum atomic E-state index is 6.36. The van der Waals surface area contributed by atoms with Crippen molar-refractivity contribution in [3.05, 3.63) is 0 Å². The summed E-state index contributed by atoms with van der Waals surface area (Å²) >= 11 is 0. The molecule has 2 atom stereocenters. The molecule has 1 fully saturated rings. The molecule has 96 valence electrons. The Balaban J connectivity index is 3.19. The van der Waals surface area contributed by atoms with Crippen molar-refractivity contribution in [3.63, 3.8) is 0 Å². The molecule has 0 amide bonds. The van der Waals surface area contributed by atoms with Crippen molar-refractivity contribution in [2.24, 2.45) is 0 Å². The highest BCUT2D eigenvalue weighted by Crippen LogP contribution is 2.44. The van der Waals surface area contributed by atoms with E-state index in [1.807, 2.05) is 7.11 Å². The Labute approximate surface area is 102 Å². The zero-order valence-corrected chi connectivity index (χ0v) is 14.9. The van der Waals surface area contributed by atoms with Gasteiger partial charge in [-0.05, 0) is 26.6 Å². The molecular formula is C10H26O3Si3. The Hall–Kier alpha value is 0.531. The summed E-state index contributed by atoms with van der Waals surface area (Å²) in [4.78, 5) is 0. The minimum Gasteiger partial charge on any atom is -0.423 e. The number of hydrogen-bond acceptors (Lipinski definition) is 3. The Kier molecular flexibility index (Phi) is 3.67. The molecule has 0 aromatic carbocycles. The second-order valence-corrected chi connectivity index (χ2v) is 31.7. The summed E-state index contributed by atoms with van der Waals surface area (Å²) in [6, 6.07) is 0.961. The van der Waals surface area contributed by atoms with Crippen molar-refractivity contribution in [3.8, 4) is 0 Å². The first-order chi connectivity index (χ1) is 7.04. The number of hydrogen-bond donors (Lipinski definition) is 0. The van der Waals surface area contributed by atoms with Crippen LogP contribution >= 0.6 is 0 Å². The topological polar surface area (TPSA) is 27.7 Å². The Bertz CT molecular complexity index is 282. The first-order valence-electron chi connectivity index (χ1n) is 5.84. The van der Waals surface area contributed by atoms with Crippen LogP contribution in [0.3, 0.4) is 0 Å². The molecule has 0 aromatic heterocycles. The van der Waals surface area contributed by atoms with E-state index in [-0.39, 0.29) is 0 Å². The standard InChI is InChI=1S/C10H26O3Si3/c1-10(11-2)9-16(8,12-3)15(6,7)14(4,5)13-10/h9H2,1-8H3. The van der Waals surface area contributed by atoms with E-state index in [2.05, 4.69) is 39.7 Å². The lowest BCUT2D eigenvalue weighted by Gasteiger charge is -2.57. The molecule has 0 aliphatic carbocycles. The monoisotopic (exact) mass is 278 g/mol. The van der Waals surface area contributed by atoms with Gasteiger partial charge in [0.2, 0.25) is 0 Å². The van der Waals surface area contributed by atoms with Gasteiger partial charge in [-0.25, -0.2) is 0 Å². The molecule has 1 saturated heterocycles. The predicted octanol–water partition coefficient (Wildman–Crippen LogP) is 2.67. The number of methoxy groups -OCH3 is 1. The maximum absolute atomic E-state index is 6.36. The number of ether oxygens (including phenoxy) is 1. The minimum absolute atomic E-state index is 0.421. The molecule has 2 unspecified atom stereocenters. The molecule has 0 radical (unpaired) electrons. The van der Waals surface area contributed by atoms with Crippen LogP contribution in [0.25, 0.3) is 0 Å². The quantitative estimate of drug-likeness (QED) is 0.727. The Morgan fingerprint density at radius 3 is 1.94 bits per heavy atom. The van der Waals surface area contributed by atoms with E-state index in [0.29, 0.717) is 0 Å². The lowest BCUT2D eigenvalue weighted by Crippen LogP contribution is -2.80. The minimum atomic E-state index is -1.68. The maximum Gasteiger partial charge on any atom is 0.181 e. The van der Waals surface area contributed by atoms with E-state index in [1.54, 1.807) is 7.11 Å². The van der Waals surface area contributed by atoms with Crippen LogP contribution in [0.4, 0.5) is 0 Å². The molecule has 0 N–H and O–H groups in total.